The number of guanidine groups is 1. The Bertz CT molecular complexity index is 209. The zero-order valence-corrected chi connectivity index (χ0v) is 7.55. The van der Waals surface area contributed by atoms with Gasteiger partial charge >= 0.3 is 0 Å². The fourth-order valence-electron chi connectivity index (χ4n) is 0.757. The predicted octanol–water partition coefficient (Wildman–Crippen LogP) is 0.448. The molecule has 0 amide bonds. The number of nitrogens with one attached hydrogen (secondary N) is 1. The Labute approximate surface area is 71.0 Å². The van der Waals surface area contributed by atoms with E-state index in [0.717, 1.165) is 5.96 Å². The van der Waals surface area contributed by atoms with Gasteiger partial charge < -0.3 is 10.2 Å². The first-order chi connectivity index (χ1) is 5.09. The Morgan fingerprint density at radius 1 is 1.55 bits per heavy atom. The third-order valence-corrected chi connectivity index (χ3v) is 1.44. The third-order valence-electron chi connectivity index (χ3n) is 1.26. The van der Waals surface area contributed by atoms with Gasteiger partial charge in [0.2, 0.25) is 11.3 Å². The number of amidine groups is 1. The predicted molar refractivity (Wildman–Crippen MR) is 47.0 cm³/mol. The third kappa shape index (κ3) is 2.08. The summed E-state index contributed by atoms with van der Waals surface area (Å²) in [6, 6.07) is 0. The Kier molecular flexibility index (Phi) is 2.34. The normalized spacial score (nSPS) is 23.5. The van der Waals surface area contributed by atoms with Crippen molar-refractivity contribution in [2.45, 2.75) is 13.1 Å². The van der Waals surface area contributed by atoms with E-state index in [4.69, 9.17) is 11.6 Å². The van der Waals surface area contributed by atoms with Crippen molar-refractivity contribution in [1.82, 2.24) is 10.2 Å². The molecule has 0 radical (unpaired) electrons. The highest BCUT2D eigenvalue weighted by Crippen LogP contribution is 2.00. The first-order valence-electron chi connectivity index (χ1n) is 3.35. The van der Waals surface area contributed by atoms with Crippen molar-refractivity contribution in [3.8, 4) is 0 Å². The van der Waals surface area contributed by atoms with Crippen LogP contribution in [0.15, 0.2) is 9.98 Å². The molecule has 0 fully saturated rings. The summed E-state index contributed by atoms with van der Waals surface area (Å²) in [7, 11) is 3.79. The standard InChI is InChI=1S/C6H11ClN4/c1-4-8-5(7)10-6(9-4)11(2)3/h4H,1-3H3,(H,8,9,10). The second-order valence-electron chi connectivity index (χ2n) is 2.55. The van der Waals surface area contributed by atoms with Gasteiger partial charge in [-0.15, -0.1) is 0 Å². The molecule has 62 valence electrons. The molecule has 0 aromatic rings. The van der Waals surface area contributed by atoms with E-state index in [2.05, 4.69) is 15.3 Å². The molecule has 11 heavy (non-hydrogen) atoms. The summed E-state index contributed by atoms with van der Waals surface area (Å²) in [5.74, 6) is 0.748. The molecule has 1 heterocycles. The van der Waals surface area contributed by atoms with Crippen molar-refractivity contribution in [2.24, 2.45) is 9.98 Å². The molecule has 0 saturated heterocycles. The lowest BCUT2D eigenvalue weighted by Gasteiger charge is -2.22. The van der Waals surface area contributed by atoms with E-state index in [1.165, 1.54) is 0 Å². The molecule has 0 bridgehead atoms. The van der Waals surface area contributed by atoms with Gasteiger partial charge in [-0.2, -0.15) is 4.99 Å². The van der Waals surface area contributed by atoms with Gasteiger partial charge in [-0.25, -0.2) is 4.99 Å². The molecule has 0 aromatic heterocycles. The van der Waals surface area contributed by atoms with Gasteiger partial charge in [0.1, 0.15) is 6.17 Å². The second-order valence-corrected chi connectivity index (χ2v) is 2.89. The first kappa shape index (κ1) is 8.33. The lowest BCUT2D eigenvalue weighted by Crippen LogP contribution is -2.43. The molecule has 0 aliphatic carbocycles. The van der Waals surface area contributed by atoms with Crippen LogP contribution in [0.3, 0.4) is 0 Å². The minimum absolute atomic E-state index is 0.0115. The molecule has 1 aliphatic heterocycles. The highest BCUT2D eigenvalue weighted by molar-refractivity contribution is 6.65. The first-order valence-corrected chi connectivity index (χ1v) is 3.73. The maximum atomic E-state index is 5.65. The van der Waals surface area contributed by atoms with Crippen molar-refractivity contribution in [3.05, 3.63) is 0 Å². The summed E-state index contributed by atoms with van der Waals surface area (Å²) in [4.78, 5) is 9.81. The van der Waals surface area contributed by atoms with Crippen LogP contribution in [-0.2, 0) is 0 Å². The summed E-state index contributed by atoms with van der Waals surface area (Å²) in [5.41, 5.74) is 0. The molecule has 5 heteroatoms. The topological polar surface area (TPSA) is 40.0 Å². The van der Waals surface area contributed by atoms with Crippen molar-refractivity contribution >= 4 is 22.9 Å². The van der Waals surface area contributed by atoms with Gasteiger partial charge in [0.05, 0.1) is 0 Å². The molecule has 4 nitrogen and oxygen atoms in total. The van der Waals surface area contributed by atoms with Crippen molar-refractivity contribution < 1.29 is 0 Å². The minimum Gasteiger partial charge on any atom is -0.349 e. The molecule has 0 aromatic carbocycles. The van der Waals surface area contributed by atoms with E-state index in [1.807, 2.05) is 25.9 Å². The maximum Gasteiger partial charge on any atom is 0.223 e. The SMILES string of the molecule is CC1N=C(Cl)N=C(N(C)C)N1. The molecular weight excluding hydrogens is 164 g/mol. The van der Waals surface area contributed by atoms with Gasteiger partial charge in [0.15, 0.2) is 0 Å². The van der Waals surface area contributed by atoms with Crippen LogP contribution in [-0.4, -0.2) is 36.4 Å². The van der Waals surface area contributed by atoms with Gasteiger partial charge in [-0.1, -0.05) is 0 Å². The number of nitrogens with zero attached hydrogens (tertiary/aromatic N) is 3. The fraction of sp³-hybridized carbons (Fsp3) is 0.667. The van der Waals surface area contributed by atoms with Crippen molar-refractivity contribution in [1.29, 1.82) is 0 Å². The Hall–Kier alpha value is -0.770. The smallest absolute Gasteiger partial charge is 0.223 e. The highest BCUT2D eigenvalue weighted by atomic mass is 35.5. The lowest BCUT2D eigenvalue weighted by molar-refractivity contribution is 0.552. The van der Waals surface area contributed by atoms with Gasteiger partial charge in [-0.05, 0) is 18.5 Å². The lowest BCUT2D eigenvalue weighted by atomic mass is 10.5. The largest absolute Gasteiger partial charge is 0.349 e. The van der Waals surface area contributed by atoms with E-state index in [-0.39, 0.29) is 6.17 Å². The molecule has 1 N–H and O–H groups in total. The average molecular weight is 175 g/mol. The van der Waals surface area contributed by atoms with E-state index >= 15 is 0 Å². The number of hydrogen-bond acceptors (Lipinski definition) is 4. The number of halogens is 1. The summed E-state index contributed by atoms with van der Waals surface area (Å²) < 4.78 is 0. The quantitative estimate of drug-likeness (QED) is 0.542. The van der Waals surface area contributed by atoms with Crippen molar-refractivity contribution in [2.75, 3.05) is 14.1 Å². The zero-order chi connectivity index (χ0) is 8.43. The summed E-state index contributed by atoms with van der Waals surface area (Å²) in [6.07, 6.45) is 0.0115. The van der Waals surface area contributed by atoms with Crippen LogP contribution in [0.2, 0.25) is 0 Å². The molecule has 0 saturated carbocycles. The van der Waals surface area contributed by atoms with Crippen LogP contribution >= 0.6 is 11.6 Å². The maximum absolute atomic E-state index is 5.65. The fourth-order valence-corrected chi connectivity index (χ4v) is 0.983. The van der Waals surface area contributed by atoms with Crippen LogP contribution < -0.4 is 5.32 Å². The van der Waals surface area contributed by atoms with Gasteiger partial charge in [-0.3, -0.25) is 0 Å². The van der Waals surface area contributed by atoms with Gasteiger partial charge in [0, 0.05) is 14.1 Å². The molecule has 1 unspecified atom stereocenters. The van der Waals surface area contributed by atoms with E-state index in [0.29, 0.717) is 5.29 Å². The van der Waals surface area contributed by atoms with E-state index in [1.54, 1.807) is 0 Å². The minimum atomic E-state index is 0.0115. The Balaban J connectivity index is 2.76. The average Bonchev–Trinajstić information content (AvgIpc) is 1.85. The molecular formula is C6H11ClN4. The number of rotatable bonds is 0. The van der Waals surface area contributed by atoms with Crippen molar-refractivity contribution in [3.63, 3.8) is 0 Å². The molecule has 1 atom stereocenters. The van der Waals surface area contributed by atoms with Crippen LogP contribution in [0.1, 0.15) is 6.92 Å². The zero-order valence-electron chi connectivity index (χ0n) is 6.80. The molecule has 1 rings (SSSR count). The number of hydrogen-bond donors (Lipinski definition) is 1. The second kappa shape index (κ2) is 3.09. The number of aliphatic imine (C=N–C) groups is 2. The monoisotopic (exact) mass is 174 g/mol. The van der Waals surface area contributed by atoms with Crippen LogP contribution in [0.4, 0.5) is 0 Å². The van der Waals surface area contributed by atoms with Crippen LogP contribution in [0, 0.1) is 0 Å². The summed E-state index contributed by atoms with van der Waals surface area (Å²) >= 11 is 5.65. The Morgan fingerprint density at radius 3 is 2.64 bits per heavy atom. The van der Waals surface area contributed by atoms with E-state index in [9.17, 15) is 0 Å². The Morgan fingerprint density at radius 2 is 2.18 bits per heavy atom. The summed E-state index contributed by atoms with van der Waals surface area (Å²) in [5, 5.41) is 3.36. The summed E-state index contributed by atoms with van der Waals surface area (Å²) in [6.45, 7) is 1.92. The van der Waals surface area contributed by atoms with E-state index < -0.39 is 0 Å². The van der Waals surface area contributed by atoms with Gasteiger partial charge in [0.25, 0.3) is 0 Å². The molecule has 1 aliphatic rings. The van der Waals surface area contributed by atoms with Crippen LogP contribution in [0.25, 0.3) is 0 Å². The molecule has 0 spiro atoms. The highest BCUT2D eigenvalue weighted by Gasteiger charge is 2.12. The van der Waals surface area contributed by atoms with Crippen LogP contribution in [0.5, 0.6) is 0 Å².